The molecule has 2 aromatic rings. The highest BCUT2D eigenvalue weighted by atomic mass is 31.3. The number of aliphatic hydroxyl groups is 2. The molecule has 0 aliphatic heterocycles. The van der Waals surface area contributed by atoms with E-state index in [1.165, 1.54) is 0 Å². The van der Waals surface area contributed by atoms with Crippen molar-refractivity contribution in [2.45, 2.75) is 24.9 Å². The lowest BCUT2D eigenvalue weighted by Gasteiger charge is -2.37. The molecule has 0 saturated heterocycles. The van der Waals surface area contributed by atoms with Crippen LogP contribution < -0.4 is 11.3 Å². The van der Waals surface area contributed by atoms with E-state index in [1.54, 1.807) is 0 Å². The summed E-state index contributed by atoms with van der Waals surface area (Å²) in [5.74, 6) is -0.346. The third-order valence-electron chi connectivity index (χ3n) is 4.16. The van der Waals surface area contributed by atoms with Gasteiger partial charge in [0.1, 0.15) is 12.3 Å². The second-order valence-corrected chi connectivity index (χ2v) is 11.2. The third kappa shape index (κ3) is 7.68. The number of anilines is 1. The van der Waals surface area contributed by atoms with E-state index in [2.05, 4.69) is 28.1 Å². The number of phosphoric ester groups is 1. The van der Waals surface area contributed by atoms with Crippen LogP contribution >= 0.6 is 23.5 Å². The Bertz CT molecular complexity index is 1250. The number of hydrogen-bond donors (Lipinski definition) is 8. The summed E-state index contributed by atoms with van der Waals surface area (Å²) >= 11 is 0. The summed E-state index contributed by atoms with van der Waals surface area (Å²) in [7, 11) is -17.2. The largest absolute Gasteiger partial charge is 0.490 e. The minimum absolute atomic E-state index is 0.225. The molecule has 23 heteroatoms. The lowest BCUT2D eigenvalue weighted by molar-refractivity contribution is -0.205. The Morgan fingerprint density at radius 3 is 2.37 bits per heavy atom. The van der Waals surface area contributed by atoms with Gasteiger partial charge in [-0.15, -0.1) is 0 Å². The number of aliphatic hydroxyl groups excluding tert-OH is 2. The molecule has 200 valence electrons. The third-order valence-corrected chi connectivity index (χ3v) is 7.95. The van der Waals surface area contributed by atoms with E-state index in [4.69, 9.17) is 20.3 Å². The second kappa shape index (κ2) is 10.8. The van der Waals surface area contributed by atoms with Gasteiger partial charge in [-0.25, -0.2) is 23.1 Å². The average Bonchev–Trinajstić information content (AvgIpc) is 3.09. The van der Waals surface area contributed by atoms with Crippen LogP contribution in [0.2, 0.25) is 0 Å². The van der Waals surface area contributed by atoms with Gasteiger partial charge in [0.05, 0.1) is 25.6 Å². The van der Waals surface area contributed by atoms with Gasteiger partial charge in [-0.05, 0) is 6.92 Å². The van der Waals surface area contributed by atoms with Gasteiger partial charge in [0.2, 0.25) is 5.95 Å². The first-order valence-electron chi connectivity index (χ1n) is 8.97. The van der Waals surface area contributed by atoms with Crippen LogP contribution in [-0.4, -0.2) is 80.9 Å². The molecule has 9 N–H and O–H groups in total. The van der Waals surface area contributed by atoms with E-state index in [9.17, 15) is 42.9 Å². The fraction of sp³-hybridized carbons (Fsp3) is 0.583. The number of fused-ring (bicyclic) bond motifs is 1. The van der Waals surface area contributed by atoms with Crippen LogP contribution in [0.3, 0.4) is 0 Å². The number of alkyl halides is 1. The number of nitrogen functional groups attached to an aromatic ring is 1. The van der Waals surface area contributed by atoms with Crippen molar-refractivity contribution < 1.29 is 65.8 Å². The molecule has 0 aromatic carbocycles. The first-order chi connectivity index (χ1) is 15.9. The van der Waals surface area contributed by atoms with Gasteiger partial charge in [0.25, 0.3) is 5.56 Å². The van der Waals surface area contributed by atoms with Crippen molar-refractivity contribution in [3.05, 3.63) is 16.7 Å². The summed E-state index contributed by atoms with van der Waals surface area (Å²) in [5.41, 5.74) is 1.67. The number of nitrogens with two attached hydrogens (primary N) is 1. The number of nitrogens with zero attached hydrogens (tertiary/aromatic N) is 3. The Hall–Kier alpha value is -1.63. The van der Waals surface area contributed by atoms with Crippen LogP contribution in [0.15, 0.2) is 11.1 Å². The molecule has 0 saturated carbocycles. The Kier molecular flexibility index (Phi) is 9.11. The van der Waals surface area contributed by atoms with Crippen LogP contribution in [0.25, 0.3) is 11.2 Å². The lowest BCUT2D eigenvalue weighted by atomic mass is 10.0. The Morgan fingerprint density at radius 2 is 1.86 bits per heavy atom. The van der Waals surface area contributed by atoms with Gasteiger partial charge in [0, 0.05) is 0 Å². The zero-order valence-electron chi connectivity index (χ0n) is 17.4. The van der Waals surface area contributed by atoms with Crippen molar-refractivity contribution in [1.82, 2.24) is 19.5 Å². The number of ether oxygens (including phenoxy) is 1. The van der Waals surface area contributed by atoms with Crippen molar-refractivity contribution in [3.8, 4) is 0 Å². The van der Waals surface area contributed by atoms with E-state index < -0.39 is 66.8 Å². The van der Waals surface area contributed by atoms with Crippen LogP contribution in [-0.2, 0) is 31.6 Å². The van der Waals surface area contributed by atoms with Crippen LogP contribution in [0.1, 0.15) is 13.2 Å². The average molecular weight is 571 g/mol. The normalized spacial score (nSPS) is 19.5. The molecule has 0 amide bonds. The summed E-state index contributed by atoms with van der Waals surface area (Å²) in [6, 6.07) is 0. The lowest BCUT2D eigenvalue weighted by Crippen LogP contribution is -2.51. The maximum Gasteiger partial charge on any atom is 0.490 e. The van der Waals surface area contributed by atoms with Crippen molar-refractivity contribution >= 4 is 40.6 Å². The molecule has 0 aliphatic rings. The predicted octanol–water partition coefficient (Wildman–Crippen LogP) is -1.36. The van der Waals surface area contributed by atoms with Crippen LogP contribution in [0, 0.1) is 0 Å². The van der Waals surface area contributed by atoms with Crippen molar-refractivity contribution in [1.29, 1.82) is 0 Å². The van der Waals surface area contributed by atoms with Gasteiger partial charge in [-0.2, -0.15) is 13.6 Å². The molecule has 0 radical (unpaired) electrons. The molecule has 2 aromatic heterocycles. The van der Waals surface area contributed by atoms with Gasteiger partial charge < -0.3 is 40.3 Å². The number of nitrogens with one attached hydrogen (secondary N) is 1. The minimum atomic E-state index is -5.86. The molecule has 5 atom stereocenters. The zero-order valence-corrected chi connectivity index (χ0v) is 20.1. The molecule has 2 unspecified atom stereocenters. The highest BCUT2D eigenvalue weighted by molar-refractivity contribution is 7.66. The molecule has 0 fully saturated rings. The molecule has 35 heavy (non-hydrogen) atoms. The number of rotatable bonds is 13. The van der Waals surface area contributed by atoms with Gasteiger partial charge >= 0.3 is 23.5 Å². The maximum atomic E-state index is 14.1. The number of hydrogen-bond acceptors (Lipinski definition) is 13. The zero-order chi connectivity index (χ0) is 26.8. The molecule has 2 rings (SSSR count). The molecule has 19 nitrogen and oxygen atoms in total. The van der Waals surface area contributed by atoms with Crippen molar-refractivity contribution in [2.24, 2.45) is 0 Å². The number of aromatic nitrogens is 4. The molecule has 2 heterocycles. The SMILES string of the molecule is C[C@H](O)[C@@](CF)(COP(=O)(O)OP(=O)(O)OP(=O)(O)O)O[C@H](CO)n1cnc2c(=O)[nH]c(N)nc21. The standard InChI is InChI=1S/C12H21FN5O14P3/c1-6(20)12(3-13,4-29-34(25,26)32-35(27,28)31-33(22,23)24)30-7(2-19)18-5-15-8-9(18)16-11(14)17-10(8)21/h5-7,19-20H,2-4H2,1H3,(H,25,26)(H,27,28)(H2,22,23,24)(H3,14,16,17,21)/t6-,7+,12+/m0/s1. The summed E-state index contributed by atoms with van der Waals surface area (Å²) in [5, 5.41) is 19.9. The highest BCUT2D eigenvalue weighted by Gasteiger charge is 2.46. The molecular formula is C12H21FN5O14P3. The smallest absolute Gasteiger partial charge is 0.392 e. The van der Waals surface area contributed by atoms with Crippen LogP contribution in [0.5, 0.6) is 0 Å². The molecule has 0 aliphatic carbocycles. The van der Waals surface area contributed by atoms with E-state index >= 15 is 0 Å². The fourth-order valence-corrected chi connectivity index (χ4v) is 5.61. The number of phosphoric acid groups is 3. The molecular weight excluding hydrogens is 550 g/mol. The quantitative estimate of drug-likeness (QED) is 0.129. The Balaban J connectivity index is 2.32. The van der Waals surface area contributed by atoms with E-state index in [1.807, 2.05) is 0 Å². The van der Waals surface area contributed by atoms with Gasteiger partial charge in [0.15, 0.2) is 17.4 Å². The minimum Gasteiger partial charge on any atom is -0.392 e. The van der Waals surface area contributed by atoms with Crippen molar-refractivity contribution in [2.75, 3.05) is 25.6 Å². The number of aromatic amines is 1. The Morgan fingerprint density at radius 1 is 1.23 bits per heavy atom. The van der Waals surface area contributed by atoms with Crippen molar-refractivity contribution in [3.63, 3.8) is 0 Å². The molecule has 0 spiro atoms. The maximum absolute atomic E-state index is 14.1. The number of halogens is 1. The summed E-state index contributed by atoms with van der Waals surface area (Å²) in [4.78, 5) is 57.6. The first-order valence-corrected chi connectivity index (χ1v) is 13.5. The topological polar surface area (TPSA) is 299 Å². The fourth-order valence-electron chi connectivity index (χ4n) is 2.54. The highest BCUT2D eigenvalue weighted by Crippen LogP contribution is 2.66. The first kappa shape index (κ1) is 29.6. The number of imidazole rings is 1. The van der Waals surface area contributed by atoms with E-state index in [0.29, 0.717) is 0 Å². The van der Waals surface area contributed by atoms with E-state index in [0.717, 1.165) is 17.8 Å². The Labute approximate surface area is 193 Å². The second-order valence-electron chi connectivity index (χ2n) is 6.77. The van der Waals surface area contributed by atoms with Gasteiger partial charge in [-0.1, -0.05) is 0 Å². The predicted molar refractivity (Wildman–Crippen MR) is 110 cm³/mol. The number of H-pyrrole nitrogens is 1. The summed E-state index contributed by atoms with van der Waals surface area (Å²) in [6.45, 7) is -3.03. The molecule has 0 bridgehead atoms. The monoisotopic (exact) mass is 571 g/mol. The summed E-state index contributed by atoms with van der Waals surface area (Å²) in [6.07, 6.45) is -2.55. The van der Waals surface area contributed by atoms with E-state index in [-0.39, 0.29) is 17.1 Å². The van der Waals surface area contributed by atoms with Crippen LogP contribution in [0.4, 0.5) is 10.3 Å². The van der Waals surface area contributed by atoms with Gasteiger partial charge in [-0.3, -0.25) is 18.9 Å². The summed E-state index contributed by atoms with van der Waals surface area (Å²) < 4.78 is 66.0.